The van der Waals surface area contributed by atoms with E-state index in [2.05, 4.69) is 0 Å². The van der Waals surface area contributed by atoms with Gasteiger partial charge in [-0.25, -0.2) is 4.79 Å². The fourth-order valence-corrected chi connectivity index (χ4v) is 5.37. The van der Waals surface area contributed by atoms with Crippen LogP contribution in [0.4, 0.5) is 0 Å². The molecule has 0 aliphatic rings. The lowest BCUT2D eigenvalue weighted by Gasteiger charge is -2.29. The molecule has 0 aliphatic heterocycles. The van der Waals surface area contributed by atoms with Crippen LogP contribution >= 0.6 is 19.6 Å². The predicted octanol–water partition coefficient (Wildman–Crippen LogP) is 4.95. The molecule has 0 aromatic heterocycles. The molecule has 2 atom stereocenters. The summed E-state index contributed by atoms with van der Waals surface area (Å²) in [6.45, 7) is 8.36. The number of carbonyl (C=O) groups excluding carboxylic acids is 1. The Hall–Kier alpha value is -0.900. The molecule has 2 unspecified atom stereocenters. The molecule has 1 aromatic rings. The van der Waals surface area contributed by atoms with Crippen molar-refractivity contribution in [1.29, 1.82) is 0 Å². The summed E-state index contributed by atoms with van der Waals surface area (Å²) in [5, 5.41) is 0. The van der Waals surface area contributed by atoms with E-state index in [1.54, 1.807) is 6.92 Å². The Morgan fingerprint density at radius 2 is 1.88 bits per heavy atom. The van der Waals surface area contributed by atoms with Crippen LogP contribution in [0, 0.1) is 5.92 Å². The number of hydrogen-bond acceptors (Lipinski definition) is 5. The zero-order chi connectivity index (χ0) is 18.0. The molecule has 0 heterocycles. The van der Waals surface area contributed by atoms with E-state index >= 15 is 0 Å². The van der Waals surface area contributed by atoms with Crippen molar-refractivity contribution < 1.29 is 18.8 Å². The van der Waals surface area contributed by atoms with Crippen molar-refractivity contribution >= 4 is 25.5 Å². The van der Waals surface area contributed by atoms with Gasteiger partial charge in [0.15, 0.2) is 11.7 Å². The second-order valence-corrected chi connectivity index (χ2v) is 9.04. The molecule has 0 saturated carbocycles. The lowest BCUT2D eigenvalue weighted by Crippen LogP contribution is -2.46. The first-order valence-electron chi connectivity index (χ1n) is 8.34. The van der Waals surface area contributed by atoms with Gasteiger partial charge in [-0.2, -0.15) is 0 Å². The number of thioether (sulfide) groups is 1. The van der Waals surface area contributed by atoms with E-state index in [0.717, 1.165) is 4.90 Å². The zero-order valence-electron chi connectivity index (χ0n) is 15.0. The van der Waals surface area contributed by atoms with Crippen LogP contribution in [0.15, 0.2) is 35.2 Å². The van der Waals surface area contributed by atoms with Gasteiger partial charge in [0.05, 0.1) is 6.61 Å². The summed E-state index contributed by atoms with van der Waals surface area (Å²) in [6, 6.07) is 9.84. The normalized spacial score (nSPS) is 14.3. The standard InChI is InChI=1S/C18H28O4PS/c1-5-21-17(19)18(22-6-2,12-15(3)4)13-23(20)14-24-16-10-8-7-9-11-16/h7-11,15H,5-6,12-14H2,1-4H3/q+1. The first kappa shape index (κ1) is 21.1. The molecule has 0 aliphatic carbocycles. The van der Waals surface area contributed by atoms with Gasteiger partial charge in [0, 0.05) is 11.5 Å². The van der Waals surface area contributed by atoms with Crippen molar-refractivity contribution in [3.05, 3.63) is 30.3 Å². The highest BCUT2D eigenvalue weighted by Crippen LogP contribution is 2.38. The van der Waals surface area contributed by atoms with E-state index in [9.17, 15) is 9.36 Å². The van der Waals surface area contributed by atoms with Crippen LogP contribution in [0.25, 0.3) is 0 Å². The molecule has 0 N–H and O–H groups in total. The van der Waals surface area contributed by atoms with Gasteiger partial charge in [-0.3, -0.25) is 0 Å². The van der Waals surface area contributed by atoms with E-state index in [0.29, 0.717) is 25.1 Å². The molecule has 1 rings (SSSR count). The Morgan fingerprint density at radius 1 is 1.21 bits per heavy atom. The van der Waals surface area contributed by atoms with Crippen LogP contribution in [0.1, 0.15) is 34.1 Å². The minimum absolute atomic E-state index is 0.201. The Kier molecular flexibility index (Phi) is 9.57. The summed E-state index contributed by atoms with van der Waals surface area (Å²) in [7, 11) is -1.59. The van der Waals surface area contributed by atoms with Crippen LogP contribution in [-0.2, 0) is 18.8 Å². The number of benzene rings is 1. The van der Waals surface area contributed by atoms with Gasteiger partial charge in [-0.15, -0.1) is 0 Å². The first-order valence-corrected chi connectivity index (χ1v) is 11.0. The minimum atomic E-state index is -1.59. The molecule has 0 saturated heterocycles. The quantitative estimate of drug-likeness (QED) is 0.313. The predicted molar refractivity (Wildman–Crippen MR) is 100 cm³/mol. The SMILES string of the molecule is CCOC(=O)C(CC(C)C)(C[P+](=O)CSc1ccccc1)OCC. The van der Waals surface area contributed by atoms with E-state index in [1.165, 1.54) is 11.8 Å². The Balaban J connectivity index is 2.81. The van der Waals surface area contributed by atoms with Crippen molar-refractivity contribution in [3.8, 4) is 0 Å². The van der Waals surface area contributed by atoms with E-state index in [4.69, 9.17) is 9.47 Å². The van der Waals surface area contributed by atoms with Gasteiger partial charge in [-0.1, -0.05) is 48.4 Å². The fraction of sp³-hybridized carbons (Fsp3) is 0.611. The summed E-state index contributed by atoms with van der Waals surface area (Å²) in [5.41, 5.74) is -0.644. The van der Waals surface area contributed by atoms with Crippen molar-refractivity contribution in [2.75, 3.05) is 24.9 Å². The summed E-state index contributed by atoms with van der Waals surface area (Å²) >= 11 is 1.54. The highest BCUT2D eigenvalue weighted by molar-refractivity contribution is 8.03. The Morgan fingerprint density at radius 3 is 2.42 bits per heavy atom. The van der Waals surface area contributed by atoms with Crippen molar-refractivity contribution in [2.24, 2.45) is 5.92 Å². The molecule has 0 spiro atoms. The molecule has 0 fully saturated rings. The summed E-state index contributed by atoms with van der Waals surface area (Å²) in [5.74, 6) is -0.153. The smallest absolute Gasteiger partial charge is 0.353 e. The third kappa shape index (κ3) is 6.92. The maximum Gasteiger partial charge on any atom is 0.353 e. The average molecular weight is 371 g/mol. The molecular weight excluding hydrogens is 343 g/mol. The highest BCUT2D eigenvalue weighted by Gasteiger charge is 2.48. The second kappa shape index (κ2) is 10.9. The van der Waals surface area contributed by atoms with E-state index in [-0.39, 0.29) is 12.1 Å². The third-order valence-corrected chi connectivity index (χ3v) is 6.49. The summed E-state index contributed by atoms with van der Waals surface area (Å²) < 4.78 is 23.7. The van der Waals surface area contributed by atoms with Crippen LogP contribution in [0.5, 0.6) is 0 Å². The molecule has 4 nitrogen and oxygen atoms in total. The second-order valence-electron chi connectivity index (χ2n) is 5.97. The van der Waals surface area contributed by atoms with E-state index < -0.39 is 19.4 Å². The minimum Gasteiger partial charge on any atom is -0.464 e. The monoisotopic (exact) mass is 371 g/mol. The van der Waals surface area contributed by atoms with Gasteiger partial charge in [0.25, 0.3) is 0 Å². The number of ether oxygens (including phenoxy) is 2. The summed E-state index contributed by atoms with van der Waals surface area (Å²) in [4.78, 5) is 13.6. The topological polar surface area (TPSA) is 52.6 Å². The fourth-order valence-electron chi connectivity index (χ4n) is 2.57. The average Bonchev–Trinajstić information content (AvgIpc) is 2.53. The number of carbonyl (C=O) groups is 1. The molecule has 0 bridgehead atoms. The highest BCUT2D eigenvalue weighted by atomic mass is 32.2. The largest absolute Gasteiger partial charge is 0.464 e. The number of hydrogen-bond donors (Lipinski definition) is 0. The first-order chi connectivity index (χ1) is 11.4. The molecule has 1 aromatic carbocycles. The van der Waals surface area contributed by atoms with Crippen LogP contribution in [0.3, 0.4) is 0 Å². The van der Waals surface area contributed by atoms with Gasteiger partial charge in [0.2, 0.25) is 5.60 Å². The van der Waals surface area contributed by atoms with Gasteiger partial charge < -0.3 is 9.47 Å². The van der Waals surface area contributed by atoms with Crippen LogP contribution in [-0.4, -0.2) is 36.4 Å². The lowest BCUT2D eigenvalue weighted by molar-refractivity contribution is -0.171. The van der Waals surface area contributed by atoms with Crippen LogP contribution in [0.2, 0.25) is 0 Å². The maximum atomic E-state index is 12.6. The molecule has 6 heteroatoms. The Labute approximate surface area is 150 Å². The molecule has 0 radical (unpaired) electrons. The summed E-state index contributed by atoms with van der Waals surface area (Å²) in [6.07, 6.45) is 0.712. The van der Waals surface area contributed by atoms with Gasteiger partial charge in [-0.05, 0) is 38.3 Å². The molecule has 24 heavy (non-hydrogen) atoms. The zero-order valence-corrected chi connectivity index (χ0v) is 16.7. The number of esters is 1. The molecular formula is C18H28O4PS+. The van der Waals surface area contributed by atoms with Crippen molar-refractivity contribution in [1.82, 2.24) is 0 Å². The van der Waals surface area contributed by atoms with Gasteiger partial charge >= 0.3 is 13.8 Å². The lowest BCUT2D eigenvalue weighted by atomic mass is 9.94. The molecule has 134 valence electrons. The van der Waals surface area contributed by atoms with Crippen molar-refractivity contribution in [2.45, 2.75) is 44.6 Å². The van der Waals surface area contributed by atoms with Crippen LogP contribution < -0.4 is 0 Å². The number of rotatable bonds is 11. The van der Waals surface area contributed by atoms with E-state index in [1.807, 2.05) is 51.1 Å². The maximum absolute atomic E-state index is 12.6. The Bertz CT molecular complexity index is 521. The van der Waals surface area contributed by atoms with Crippen molar-refractivity contribution in [3.63, 3.8) is 0 Å². The molecule has 0 amide bonds. The third-order valence-electron chi connectivity index (χ3n) is 3.36. The van der Waals surface area contributed by atoms with Gasteiger partial charge in [0.1, 0.15) is 0 Å².